The molecule has 1 amide bonds. The lowest BCUT2D eigenvalue weighted by Crippen LogP contribution is -2.29. The van der Waals surface area contributed by atoms with Crippen LogP contribution < -0.4 is 5.32 Å². The first kappa shape index (κ1) is 14.9. The standard InChI is InChI=1S/C20H21N3O/c1-14(21-20(24)16-11-12-16)19-22-17-9-5-6-10-18(17)23(19)13-15-7-3-2-4-8-15/h2-10,14,16H,11-13H2,1H3,(H,21,24). The second-order valence-corrected chi connectivity index (χ2v) is 6.54. The van der Waals surface area contributed by atoms with Crippen molar-refractivity contribution in [3.8, 4) is 0 Å². The number of fused-ring (bicyclic) bond motifs is 1. The number of imidazole rings is 1. The second kappa shape index (κ2) is 6.11. The lowest BCUT2D eigenvalue weighted by atomic mass is 10.2. The Morgan fingerprint density at radius 2 is 1.88 bits per heavy atom. The van der Waals surface area contributed by atoms with Crippen LogP contribution in [0, 0.1) is 5.92 Å². The molecule has 24 heavy (non-hydrogen) atoms. The zero-order valence-corrected chi connectivity index (χ0v) is 13.8. The fourth-order valence-electron chi connectivity index (χ4n) is 3.10. The molecule has 1 aromatic heterocycles. The SMILES string of the molecule is CC(NC(=O)C1CC1)c1nc2ccccc2n1Cc1ccccc1. The fraction of sp³-hybridized carbons (Fsp3) is 0.300. The number of aromatic nitrogens is 2. The quantitative estimate of drug-likeness (QED) is 0.780. The van der Waals surface area contributed by atoms with Gasteiger partial charge in [0.15, 0.2) is 0 Å². The van der Waals surface area contributed by atoms with Crippen LogP contribution in [0.4, 0.5) is 0 Å². The van der Waals surface area contributed by atoms with Gasteiger partial charge < -0.3 is 9.88 Å². The highest BCUT2D eigenvalue weighted by Crippen LogP contribution is 2.30. The Bertz CT molecular complexity index is 865. The van der Waals surface area contributed by atoms with Crippen molar-refractivity contribution in [2.75, 3.05) is 0 Å². The Kier molecular flexibility index (Phi) is 3.81. The lowest BCUT2D eigenvalue weighted by molar-refractivity contribution is -0.123. The van der Waals surface area contributed by atoms with Gasteiger partial charge in [-0.2, -0.15) is 0 Å². The molecule has 1 N–H and O–H groups in total. The molecule has 0 bridgehead atoms. The third-order valence-electron chi connectivity index (χ3n) is 4.56. The van der Waals surface area contributed by atoms with Crippen LogP contribution in [-0.2, 0) is 11.3 Å². The van der Waals surface area contributed by atoms with Crippen LogP contribution in [0.1, 0.15) is 37.2 Å². The molecule has 1 atom stereocenters. The van der Waals surface area contributed by atoms with Crippen molar-refractivity contribution in [1.29, 1.82) is 0 Å². The van der Waals surface area contributed by atoms with Crippen LogP contribution in [0.25, 0.3) is 11.0 Å². The summed E-state index contributed by atoms with van der Waals surface area (Å²) in [5.41, 5.74) is 3.29. The van der Waals surface area contributed by atoms with E-state index in [0.29, 0.717) is 0 Å². The van der Waals surface area contributed by atoms with E-state index in [0.717, 1.165) is 36.2 Å². The van der Waals surface area contributed by atoms with Gasteiger partial charge >= 0.3 is 0 Å². The first-order chi connectivity index (χ1) is 11.7. The van der Waals surface area contributed by atoms with Crippen LogP contribution in [-0.4, -0.2) is 15.5 Å². The average molecular weight is 319 g/mol. The van der Waals surface area contributed by atoms with E-state index in [2.05, 4.69) is 28.1 Å². The second-order valence-electron chi connectivity index (χ2n) is 6.54. The van der Waals surface area contributed by atoms with Gasteiger partial charge in [-0.1, -0.05) is 42.5 Å². The van der Waals surface area contributed by atoms with E-state index in [-0.39, 0.29) is 17.9 Å². The predicted octanol–water partition coefficient (Wildman–Crippen LogP) is 3.67. The third-order valence-corrected chi connectivity index (χ3v) is 4.56. The van der Waals surface area contributed by atoms with Gasteiger partial charge in [0.05, 0.1) is 17.1 Å². The van der Waals surface area contributed by atoms with Gasteiger partial charge in [-0.25, -0.2) is 4.98 Å². The summed E-state index contributed by atoms with van der Waals surface area (Å²) < 4.78 is 2.21. The number of carbonyl (C=O) groups excluding carboxylic acids is 1. The minimum atomic E-state index is -0.103. The van der Waals surface area contributed by atoms with E-state index in [1.165, 1.54) is 5.56 Å². The number of carbonyl (C=O) groups is 1. The molecule has 1 fully saturated rings. The van der Waals surface area contributed by atoms with Gasteiger partial charge in [0.2, 0.25) is 5.91 Å². The van der Waals surface area contributed by atoms with Gasteiger partial charge in [-0.15, -0.1) is 0 Å². The Morgan fingerprint density at radius 3 is 2.62 bits per heavy atom. The Labute approximate surface area is 141 Å². The van der Waals surface area contributed by atoms with Gasteiger partial charge in [0.25, 0.3) is 0 Å². The number of rotatable bonds is 5. The van der Waals surface area contributed by atoms with Crippen LogP contribution in [0.2, 0.25) is 0 Å². The van der Waals surface area contributed by atoms with Crippen molar-refractivity contribution in [2.24, 2.45) is 5.92 Å². The number of hydrogen-bond donors (Lipinski definition) is 1. The molecular weight excluding hydrogens is 298 g/mol. The summed E-state index contributed by atoms with van der Waals surface area (Å²) in [6, 6.07) is 18.4. The van der Waals surface area contributed by atoms with Gasteiger partial charge in [0.1, 0.15) is 5.82 Å². The van der Waals surface area contributed by atoms with Crippen LogP contribution in [0.3, 0.4) is 0 Å². The molecule has 1 aliphatic rings. The number of hydrogen-bond acceptors (Lipinski definition) is 2. The minimum absolute atomic E-state index is 0.103. The molecule has 0 saturated heterocycles. The van der Waals surface area contributed by atoms with E-state index in [1.54, 1.807) is 0 Å². The van der Waals surface area contributed by atoms with Gasteiger partial charge in [0, 0.05) is 12.5 Å². The summed E-state index contributed by atoms with van der Waals surface area (Å²) in [5.74, 6) is 1.27. The molecule has 4 rings (SSSR count). The van der Waals surface area contributed by atoms with E-state index in [4.69, 9.17) is 4.98 Å². The van der Waals surface area contributed by atoms with Crippen molar-refractivity contribution < 1.29 is 4.79 Å². The zero-order valence-electron chi connectivity index (χ0n) is 13.8. The average Bonchev–Trinajstić information content (AvgIpc) is 3.39. The number of nitrogens with zero attached hydrogens (tertiary/aromatic N) is 2. The minimum Gasteiger partial charge on any atom is -0.346 e. The monoisotopic (exact) mass is 319 g/mol. The topological polar surface area (TPSA) is 46.9 Å². The van der Waals surface area contributed by atoms with E-state index in [9.17, 15) is 4.79 Å². The van der Waals surface area contributed by atoms with Crippen LogP contribution in [0.15, 0.2) is 54.6 Å². The first-order valence-corrected chi connectivity index (χ1v) is 8.52. The highest BCUT2D eigenvalue weighted by atomic mass is 16.2. The Balaban J connectivity index is 1.70. The molecule has 4 nitrogen and oxygen atoms in total. The lowest BCUT2D eigenvalue weighted by Gasteiger charge is -2.16. The maximum Gasteiger partial charge on any atom is 0.223 e. The zero-order chi connectivity index (χ0) is 16.5. The molecule has 3 aromatic rings. The Morgan fingerprint density at radius 1 is 1.17 bits per heavy atom. The van der Waals surface area contributed by atoms with E-state index in [1.807, 2.05) is 43.3 Å². The van der Waals surface area contributed by atoms with Crippen molar-refractivity contribution in [1.82, 2.24) is 14.9 Å². The molecule has 0 aliphatic heterocycles. The molecule has 4 heteroatoms. The summed E-state index contributed by atoms with van der Waals surface area (Å²) in [6.45, 7) is 2.77. The molecule has 1 unspecified atom stereocenters. The van der Waals surface area contributed by atoms with Crippen molar-refractivity contribution in [3.05, 3.63) is 66.0 Å². The highest BCUT2D eigenvalue weighted by molar-refractivity contribution is 5.81. The summed E-state index contributed by atoms with van der Waals surface area (Å²) in [6.07, 6.45) is 2.03. The molecule has 0 spiro atoms. The predicted molar refractivity (Wildman–Crippen MR) is 94.6 cm³/mol. The number of nitrogens with one attached hydrogen (secondary N) is 1. The van der Waals surface area contributed by atoms with Gasteiger partial charge in [-0.05, 0) is 37.5 Å². The van der Waals surface area contributed by atoms with Crippen molar-refractivity contribution >= 4 is 16.9 Å². The number of para-hydroxylation sites is 2. The molecule has 0 radical (unpaired) electrons. The largest absolute Gasteiger partial charge is 0.346 e. The molecule has 122 valence electrons. The smallest absolute Gasteiger partial charge is 0.223 e. The summed E-state index contributed by atoms with van der Waals surface area (Å²) in [5, 5.41) is 3.12. The van der Waals surface area contributed by atoms with Gasteiger partial charge in [-0.3, -0.25) is 4.79 Å². The molecule has 1 saturated carbocycles. The van der Waals surface area contributed by atoms with Crippen LogP contribution in [0.5, 0.6) is 0 Å². The van der Waals surface area contributed by atoms with E-state index < -0.39 is 0 Å². The number of benzene rings is 2. The normalized spacial score (nSPS) is 15.4. The third kappa shape index (κ3) is 2.92. The summed E-state index contributed by atoms with van der Waals surface area (Å²) >= 11 is 0. The van der Waals surface area contributed by atoms with Crippen LogP contribution >= 0.6 is 0 Å². The maximum atomic E-state index is 12.1. The van der Waals surface area contributed by atoms with Crippen molar-refractivity contribution in [2.45, 2.75) is 32.4 Å². The van der Waals surface area contributed by atoms with Crippen molar-refractivity contribution in [3.63, 3.8) is 0 Å². The summed E-state index contributed by atoms with van der Waals surface area (Å²) in [7, 11) is 0. The first-order valence-electron chi connectivity index (χ1n) is 8.52. The van der Waals surface area contributed by atoms with E-state index >= 15 is 0 Å². The molecular formula is C20H21N3O. The highest BCUT2D eigenvalue weighted by Gasteiger charge is 2.31. The fourth-order valence-corrected chi connectivity index (χ4v) is 3.10. The summed E-state index contributed by atoms with van der Waals surface area (Å²) in [4.78, 5) is 16.9. The molecule has 1 aliphatic carbocycles. The maximum absolute atomic E-state index is 12.1. The molecule has 2 aromatic carbocycles. The molecule has 1 heterocycles. The Hall–Kier alpha value is -2.62. The number of amides is 1.